The highest BCUT2D eigenvalue weighted by Gasteiger charge is 2.14. The highest BCUT2D eigenvalue weighted by atomic mass is 32.2. The van der Waals surface area contributed by atoms with Gasteiger partial charge in [-0.05, 0) is 31.6 Å². The molecular weight excluding hydrogens is 280 g/mol. The van der Waals surface area contributed by atoms with E-state index in [1.165, 1.54) is 0 Å². The molecule has 2 heterocycles. The highest BCUT2D eigenvalue weighted by Crippen LogP contribution is 2.24. The number of aromatic nitrogens is 2. The lowest BCUT2D eigenvalue weighted by atomic mass is 10.2. The molecule has 2 aromatic rings. The molecule has 0 aliphatic carbocycles. The maximum atomic E-state index is 12.3. The molecule has 0 aromatic carbocycles. The van der Waals surface area contributed by atoms with Gasteiger partial charge in [0.2, 0.25) is 5.78 Å². The Bertz CT molecular complexity index is 614. The maximum Gasteiger partial charge on any atom is 0.206 e. The molecule has 6 heteroatoms. The molecule has 0 fully saturated rings. The van der Waals surface area contributed by atoms with Crippen LogP contribution in [0.1, 0.15) is 16.2 Å². The Labute approximate surface area is 120 Å². The van der Waals surface area contributed by atoms with E-state index in [0.717, 1.165) is 15.6 Å². The minimum absolute atomic E-state index is 0. The Morgan fingerprint density at radius 3 is 2.63 bits per heavy atom. The van der Waals surface area contributed by atoms with E-state index in [4.69, 9.17) is 0 Å². The van der Waals surface area contributed by atoms with Gasteiger partial charge in [-0.1, -0.05) is 6.07 Å². The van der Waals surface area contributed by atoms with E-state index in [2.05, 4.69) is 4.98 Å². The molecule has 0 radical (unpaired) electrons. The highest BCUT2D eigenvalue weighted by molar-refractivity contribution is 8.21. The zero-order chi connectivity index (χ0) is 13.1. The monoisotopic (exact) mass is 296 g/mol. The number of pyridine rings is 1. The van der Waals surface area contributed by atoms with Crippen molar-refractivity contribution in [3.8, 4) is 0 Å². The lowest BCUT2D eigenvalue weighted by Crippen LogP contribution is -2.02. The van der Waals surface area contributed by atoms with Crippen molar-refractivity contribution in [2.75, 3.05) is 12.5 Å². The van der Waals surface area contributed by atoms with Crippen molar-refractivity contribution in [3.05, 3.63) is 46.1 Å². The summed E-state index contributed by atoms with van der Waals surface area (Å²) in [6.45, 7) is 1.87. The third kappa shape index (κ3) is 3.20. The van der Waals surface area contributed by atoms with Crippen molar-refractivity contribution < 1.29 is 10.3 Å². The van der Waals surface area contributed by atoms with Crippen molar-refractivity contribution in [1.82, 2.24) is 9.38 Å². The fourth-order valence-electron chi connectivity index (χ4n) is 1.79. The molecule has 102 valence electrons. The number of nitrogens with zero attached hydrogens (tertiary/aromatic N) is 2. The molecule has 0 aliphatic heterocycles. The first kappa shape index (κ1) is 15.8. The first-order valence-electron chi connectivity index (χ1n) is 5.45. The molecule has 0 amide bonds. The minimum atomic E-state index is 0. The molecule has 0 saturated carbocycles. The van der Waals surface area contributed by atoms with Crippen LogP contribution in [0.5, 0.6) is 0 Å². The van der Waals surface area contributed by atoms with E-state index < -0.39 is 0 Å². The predicted molar refractivity (Wildman–Crippen MR) is 83.0 cm³/mol. The van der Waals surface area contributed by atoms with Crippen LogP contribution < -0.4 is 0 Å². The lowest BCUT2D eigenvalue weighted by Gasteiger charge is -2.01. The number of aryl methyl sites for hydroxylation is 1. The number of carbonyl (C=O) groups excluding carboxylic acids is 1. The number of imidazole rings is 1. The second kappa shape index (κ2) is 6.79. The van der Waals surface area contributed by atoms with E-state index in [-0.39, 0.29) is 11.3 Å². The van der Waals surface area contributed by atoms with Crippen molar-refractivity contribution in [3.63, 3.8) is 0 Å². The number of fused-ring (bicyclic) bond motifs is 1. The Hall–Kier alpha value is -1.24. The molecule has 0 bridgehead atoms. The smallest absolute Gasteiger partial charge is 0.206 e. The van der Waals surface area contributed by atoms with Gasteiger partial charge in [0, 0.05) is 16.5 Å². The zero-order valence-electron chi connectivity index (χ0n) is 11.0. The third-order valence-electron chi connectivity index (χ3n) is 2.59. The molecule has 19 heavy (non-hydrogen) atoms. The number of hydrogen-bond acceptors (Lipinski definition) is 4. The molecule has 0 spiro atoms. The third-order valence-corrected chi connectivity index (χ3v) is 4.63. The van der Waals surface area contributed by atoms with Gasteiger partial charge in [-0.15, -0.1) is 23.5 Å². The molecule has 2 aromatic heterocycles. The van der Waals surface area contributed by atoms with E-state index >= 15 is 0 Å². The molecule has 0 aliphatic rings. The summed E-state index contributed by atoms with van der Waals surface area (Å²) < 4.78 is 2.84. The van der Waals surface area contributed by atoms with Crippen LogP contribution in [0.2, 0.25) is 0 Å². The minimum Gasteiger partial charge on any atom is -0.412 e. The lowest BCUT2D eigenvalue weighted by molar-refractivity contribution is 0.104. The summed E-state index contributed by atoms with van der Waals surface area (Å²) in [5.74, 6) is 0.00454. The van der Waals surface area contributed by atoms with Gasteiger partial charge in [0.1, 0.15) is 11.3 Å². The maximum absolute atomic E-state index is 12.3. The van der Waals surface area contributed by atoms with Gasteiger partial charge >= 0.3 is 0 Å². The SMILES string of the molecule is CSC(=CC(=O)c1c(C)nc2ccccn12)SC.O. The van der Waals surface area contributed by atoms with Crippen molar-refractivity contribution in [1.29, 1.82) is 0 Å². The second-order valence-electron chi connectivity index (χ2n) is 3.71. The van der Waals surface area contributed by atoms with Crippen LogP contribution in [-0.4, -0.2) is 33.2 Å². The van der Waals surface area contributed by atoms with Crippen LogP contribution in [0.3, 0.4) is 0 Å². The van der Waals surface area contributed by atoms with Gasteiger partial charge < -0.3 is 5.48 Å². The second-order valence-corrected chi connectivity index (χ2v) is 5.67. The molecule has 2 N–H and O–H groups in total. The largest absolute Gasteiger partial charge is 0.412 e. The first-order valence-corrected chi connectivity index (χ1v) is 7.90. The number of thioether (sulfide) groups is 2. The van der Waals surface area contributed by atoms with Gasteiger partial charge in [-0.3, -0.25) is 9.20 Å². The Balaban J connectivity index is 0.00000180. The van der Waals surface area contributed by atoms with Crippen LogP contribution >= 0.6 is 23.5 Å². The Morgan fingerprint density at radius 1 is 1.32 bits per heavy atom. The normalized spacial score (nSPS) is 10.1. The van der Waals surface area contributed by atoms with Gasteiger partial charge in [0.05, 0.1) is 5.69 Å². The van der Waals surface area contributed by atoms with E-state index in [1.54, 1.807) is 29.6 Å². The summed E-state index contributed by atoms with van der Waals surface area (Å²) in [5.41, 5.74) is 2.22. The average Bonchev–Trinajstić information content (AvgIpc) is 2.71. The number of rotatable bonds is 4. The van der Waals surface area contributed by atoms with Gasteiger partial charge in [-0.2, -0.15) is 0 Å². The molecule has 2 rings (SSSR count). The van der Waals surface area contributed by atoms with E-state index in [0.29, 0.717) is 5.69 Å². The van der Waals surface area contributed by atoms with Gasteiger partial charge in [-0.25, -0.2) is 4.98 Å². The Morgan fingerprint density at radius 2 is 2.00 bits per heavy atom. The average molecular weight is 296 g/mol. The fourth-order valence-corrected chi connectivity index (χ4v) is 2.90. The van der Waals surface area contributed by atoms with Crippen LogP contribution in [0, 0.1) is 6.92 Å². The van der Waals surface area contributed by atoms with Crippen molar-refractivity contribution >= 4 is 35.0 Å². The topological polar surface area (TPSA) is 65.9 Å². The summed E-state index contributed by atoms with van der Waals surface area (Å²) >= 11 is 3.16. The van der Waals surface area contributed by atoms with Crippen LogP contribution in [0.25, 0.3) is 5.65 Å². The Kier molecular flexibility index (Phi) is 5.65. The van der Waals surface area contributed by atoms with Gasteiger partial charge in [0.15, 0.2) is 0 Å². The number of carbonyl (C=O) groups is 1. The van der Waals surface area contributed by atoms with Crippen molar-refractivity contribution in [2.45, 2.75) is 6.92 Å². The summed E-state index contributed by atoms with van der Waals surface area (Å²) in [6.07, 6.45) is 7.49. The molecule has 0 saturated heterocycles. The van der Waals surface area contributed by atoms with Crippen LogP contribution in [-0.2, 0) is 0 Å². The number of ketones is 1. The van der Waals surface area contributed by atoms with Crippen molar-refractivity contribution in [2.24, 2.45) is 0 Å². The number of hydrogen-bond donors (Lipinski definition) is 0. The van der Waals surface area contributed by atoms with Crippen LogP contribution in [0.4, 0.5) is 0 Å². The predicted octanol–water partition coefficient (Wildman–Crippen LogP) is 2.57. The van der Waals surface area contributed by atoms with Gasteiger partial charge in [0.25, 0.3) is 0 Å². The number of allylic oxidation sites excluding steroid dienone is 1. The summed E-state index contributed by atoms with van der Waals surface area (Å²) in [5, 5.41) is 0. The quantitative estimate of drug-likeness (QED) is 0.642. The zero-order valence-corrected chi connectivity index (χ0v) is 12.6. The molecular formula is C13H16N2O2S2. The first-order chi connectivity index (χ1) is 8.67. The van der Waals surface area contributed by atoms with Crippen LogP contribution in [0.15, 0.2) is 34.7 Å². The van der Waals surface area contributed by atoms with E-state index in [1.807, 2.05) is 48.2 Å². The summed E-state index contributed by atoms with van der Waals surface area (Å²) in [4.78, 5) is 16.7. The fraction of sp³-hybridized carbons (Fsp3) is 0.231. The van der Waals surface area contributed by atoms with E-state index in [9.17, 15) is 4.79 Å². The molecule has 4 nitrogen and oxygen atoms in total. The summed E-state index contributed by atoms with van der Waals surface area (Å²) in [6, 6.07) is 5.72. The summed E-state index contributed by atoms with van der Waals surface area (Å²) in [7, 11) is 0. The standard InChI is InChI=1S/C13H14N2OS2.H2O/c1-9-13(10(16)8-12(17-2)18-3)15-7-5-4-6-11(15)14-9;/h4-8H,1-3H3;1H2. The molecule has 0 unspecified atom stereocenters. The molecule has 0 atom stereocenters.